The quantitative estimate of drug-likeness (QED) is 0.527. The second-order valence-electron chi connectivity index (χ2n) is 2.40. The predicted molar refractivity (Wildman–Crippen MR) is 60.4 cm³/mol. The van der Waals surface area contributed by atoms with Crippen LogP contribution in [0.3, 0.4) is 0 Å². The third-order valence-corrected chi connectivity index (χ3v) is 3.36. The van der Waals surface area contributed by atoms with E-state index in [0.29, 0.717) is 0 Å². The molecule has 1 aromatic carbocycles. The predicted octanol–water partition coefficient (Wildman–Crippen LogP) is -1.12. The summed E-state index contributed by atoms with van der Waals surface area (Å²) >= 11 is 0. The summed E-state index contributed by atoms with van der Waals surface area (Å²) in [5, 5.41) is 0. The standard InChI is InChI=1S/C6H6O6S2.2Na.2H/c7-13(8,9)5-3-1-2-4-6(5)14(10,11)12;;;;/h1-4H,(H,7,8,9)(H,10,11,12);;;;. The Kier molecular flexibility index (Phi) is 8.28. The maximum absolute atomic E-state index is 10.7. The Labute approximate surface area is 138 Å². The Morgan fingerprint density at radius 3 is 1.19 bits per heavy atom. The van der Waals surface area contributed by atoms with Gasteiger partial charge in [-0.05, 0) is 12.1 Å². The minimum absolute atomic E-state index is 0. The average molecular weight is 286 g/mol. The van der Waals surface area contributed by atoms with E-state index in [0.717, 1.165) is 12.1 Å². The first-order valence-corrected chi connectivity index (χ1v) is 6.15. The maximum atomic E-state index is 10.7. The fourth-order valence-corrected chi connectivity index (χ4v) is 2.65. The summed E-state index contributed by atoms with van der Waals surface area (Å²) in [5.74, 6) is 0. The van der Waals surface area contributed by atoms with Crippen LogP contribution in [-0.2, 0) is 20.2 Å². The van der Waals surface area contributed by atoms with E-state index in [1.807, 2.05) is 0 Å². The van der Waals surface area contributed by atoms with Crippen LogP contribution in [-0.4, -0.2) is 85.1 Å². The van der Waals surface area contributed by atoms with Gasteiger partial charge in [0.25, 0.3) is 20.2 Å². The summed E-state index contributed by atoms with van der Waals surface area (Å²) in [7, 11) is -9.31. The fraction of sp³-hybridized carbons (Fsp3) is 0. The molecular weight excluding hydrogens is 278 g/mol. The summed E-state index contributed by atoms with van der Waals surface area (Å²) in [5.41, 5.74) is 0. The summed E-state index contributed by atoms with van der Waals surface area (Å²) in [6.45, 7) is 0. The van der Waals surface area contributed by atoms with Gasteiger partial charge in [0.1, 0.15) is 9.79 Å². The second kappa shape index (κ2) is 6.83. The molecule has 0 atom stereocenters. The Hall–Kier alpha value is 1.04. The first-order valence-electron chi connectivity index (χ1n) is 3.27. The van der Waals surface area contributed by atoms with Crippen LogP contribution in [0.15, 0.2) is 34.1 Å². The van der Waals surface area contributed by atoms with Crippen molar-refractivity contribution in [2.45, 2.75) is 9.79 Å². The molecule has 0 saturated heterocycles. The number of hydrogen-bond donors (Lipinski definition) is 2. The Bertz CT molecular complexity index is 499. The van der Waals surface area contributed by atoms with Gasteiger partial charge in [0.2, 0.25) is 0 Å². The molecule has 0 saturated carbocycles. The number of benzene rings is 1. The van der Waals surface area contributed by atoms with E-state index in [1.165, 1.54) is 12.1 Å². The van der Waals surface area contributed by atoms with Crippen molar-refractivity contribution >= 4 is 79.4 Å². The van der Waals surface area contributed by atoms with Crippen LogP contribution < -0.4 is 0 Å². The molecule has 0 aliphatic carbocycles. The molecule has 1 rings (SSSR count). The Morgan fingerprint density at radius 2 is 1.00 bits per heavy atom. The van der Waals surface area contributed by atoms with E-state index in [1.54, 1.807) is 0 Å². The molecule has 82 valence electrons. The van der Waals surface area contributed by atoms with E-state index in [-0.39, 0.29) is 59.1 Å². The second-order valence-corrected chi connectivity index (χ2v) is 5.18. The third kappa shape index (κ3) is 5.13. The van der Waals surface area contributed by atoms with Crippen LogP contribution in [0.2, 0.25) is 0 Å². The molecule has 0 heterocycles. The van der Waals surface area contributed by atoms with E-state index < -0.39 is 30.0 Å². The molecule has 0 unspecified atom stereocenters. The molecule has 0 bridgehead atoms. The van der Waals surface area contributed by atoms with Gasteiger partial charge in [-0.2, -0.15) is 16.8 Å². The SMILES string of the molecule is O=S(=O)(O)c1ccccc1S(=O)(=O)O.[NaH].[NaH]. The van der Waals surface area contributed by atoms with Crippen LogP contribution >= 0.6 is 0 Å². The van der Waals surface area contributed by atoms with Crippen molar-refractivity contribution in [1.29, 1.82) is 0 Å². The van der Waals surface area contributed by atoms with Crippen molar-refractivity contribution in [3.8, 4) is 0 Å². The molecule has 10 heteroatoms. The van der Waals surface area contributed by atoms with Gasteiger partial charge in [0.15, 0.2) is 0 Å². The van der Waals surface area contributed by atoms with Gasteiger partial charge in [-0.3, -0.25) is 9.11 Å². The molecular formula is C6H8Na2O6S2. The van der Waals surface area contributed by atoms with E-state index in [9.17, 15) is 16.8 Å². The first-order chi connectivity index (χ1) is 6.23. The van der Waals surface area contributed by atoms with Crippen molar-refractivity contribution in [3.05, 3.63) is 24.3 Å². The van der Waals surface area contributed by atoms with Crippen LogP contribution in [0.1, 0.15) is 0 Å². The van der Waals surface area contributed by atoms with E-state index >= 15 is 0 Å². The van der Waals surface area contributed by atoms with Crippen LogP contribution in [0, 0.1) is 0 Å². The van der Waals surface area contributed by atoms with Crippen molar-refractivity contribution in [1.82, 2.24) is 0 Å². The van der Waals surface area contributed by atoms with Gasteiger partial charge < -0.3 is 0 Å². The molecule has 0 aliphatic heterocycles. The summed E-state index contributed by atoms with van der Waals surface area (Å²) < 4.78 is 60.0. The molecule has 0 spiro atoms. The van der Waals surface area contributed by atoms with Gasteiger partial charge in [0.05, 0.1) is 0 Å². The Balaban J connectivity index is 0. The normalized spacial score (nSPS) is 11.1. The molecule has 6 nitrogen and oxygen atoms in total. The van der Waals surface area contributed by atoms with Crippen molar-refractivity contribution in [3.63, 3.8) is 0 Å². The van der Waals surface area contributed by atoms with Crippen LogP contribution in [0.25, 0.3) is 0 Å². The molecule has 0 fully saturated rings. The molecule has 2 N–H and O–H groups in total. The molecule has 0 radical (unpaired) electrons. The Morgan fingerprint density at radius 1 is 0.750 bits per heavy atom. The number of rotatable bonds is 2. The van der Waals surface area contributed by atoms with Crippen LogP contribution in [0.4, 0.5) is 0 Å². The van der Waals surface area contributed by atoms with Gasteiger partial charge in [-0.15, -0.1) is 0 Å². The van der Waals surface area contributed by atoms with Gasteiger partial charge in [0, 0.05) is 0 Å². The summed E-state index contributed by atoms with van der Waals surface area (Å²) in [6.07, 6.45) is 0. The molecule has 0 aromatic heterocycles. The molecule has 0 aliphatic rings. The zero-order valence-electron chi connectivity index (χ0n) is 6.65. The van der Waals surface area contributed by atoms with Gasteiger partial charge >= 0.3 is 59.1 Å². The summed E-state index contributed by atoms with van der Waals surface area (Å²) in [4.78, 5) is -1.69. The molecule has 0 amide bonds. The monoisotopic (exact) mass is 286 g/mol. The van der Waals surface area contributed by atoms with Crippen molar-refractivity contribution in [2.24, 2.45) is 0 Å². The third-order valence-electron chi connectivity index (χ3n) is 1.40. The topological polar surface area (TPSA) is 109 Å². The van der Waals surface area contributed by atoms with Crippen molar-refractivity contribution < 1.29 is 25.9 Å². The number of hydrogen-bond acceptors (Lipinski definition) is 4. The van der Waals surface area contributed by atoms with Gasteiger partial charge in [-0.25, -0.2) is 0 Å². The zero-order chi connectivity index (χ0) is 11.0. The zero-order valence-corrected chi connectivity index (χ0v) is 8.29. The minimum atomic E-state index is -4.66. The molecule has 16 heavy (non-hydrogen) atoms. The average Bonchev–Trinajstić information content (AvgIpc) is 2.01. The fourth-order valence-electron chi connectivity index (χ4n) is 0.876. The van der Waals surface area contributed by atoms with Crippen LogP contribution in [0.5, 0.6) is 0 Å². The summed E-state index contributed by atoms with van der Waals surface area (Å²) in [6, 6.07) is 4.19. The van der Waals surface area contributed by atoms with Crippen molar-refractivity contribution in [2.75, 3.05) is 0 Å². The first kappa shape index (κ1) is 19.4. The van der Waals surface area contributed by atoms with Gasteiger partial charge in [-0.1, -0.05) is 12.1 Å². The van der Waals surface area contributed by atoms with E-state index in [4.69, 9.17) is 9.11 Å². The van der Waals surface area contributed by atoms with E-state index in [2.05, 4.69) is 0 Å². The molecule has 1 aromatic rings.